The van der Waals surface area contributed by atoms with Crippen molar-refractivity contribution in [3.8, 4) is 0 Å². The standard InChI is InChI=1S/C13H19NO4/c1-2-17-13(16)11-5-7-18-12(11)9-14-6-3-4-10(15)8-14/h5,7,10,15H,2-4,6,8-9H2,1H3. The van der Waals surface area contributed by atoms with Crippen LogP contribution in [0.4, 0.5) is 0 Å². The van der Waals surface area contributed by atoms with Gasteiger partial charge in [0.25, 0.3) is 0 Å². The monoisotopic (exact) mass is 253 g/mol. The molecule has 1 atom stereocenters. The van der Waals surface area contributed by atoms with E-state index in [1.807, 2.05) is 0 Å². The van der Waals surface area contributed by atoms with E-state index in [2.05, 4.69) is 4.90 Å². The molecular weight excluding hydrogens is 234 g/mol. The SMILES string of the molecule is CCOC(=O)c1ccoc1CN1CCCC(O)C1. The summed E-state index contributed by atoms with van der Waals surface area (Å²) in [7, 11) is 0. The Kier molecular flexibility index (Phi) is 4.38. The number of piperidine rings is 1. The molecule has 1 N–H and O–H groups in total. The lowest BCUT2D eigenvalue weighted by Gasteiger charge is -2.29. The molecule has 0 spiro atoms. The van der Waals surface area contributed by atoms with Gasteiger partial charge in [0.2, 0.25) is 0 Å². The molecule has 0 aromatic carbocycles. The number of ether oxygens (including phenoxy) is 1. The van der Waals surface area contributed by atoms with Gasteiger partial charge in [0.05, 0.1) is 25.5 Å². The van der Waals surface area contributed by atoms with Crippen LogP contribution in [-0.4, -0.2) is 41.8 Å². The van der Waals surface area contributed by atoms with E-state index in [9.17, 15) is 9.90 Å². The minimum atomic E-state index is -0.348. The molecule has 1 saturated heterocycles. The molecule has 5 nitrogen and oxygen atoms in total. The Morgan fingerprint density at radius 1 is 1.67 bits per heavy atom. The number of hydrogen-bond donors (Lipinski definition) is 1. The summed E-state index contributed by atoms with van der Waals surface area (Å²) in [5.74, 6) is 0.265. The van der Waals surface area contributed by atoms with Crippen LogP contribution in [-0.2, 0) is 11.3 Å². The van der Waals surface area contributed by atoms with E-state index < -0.39 is 0 Å². The zero-order chi connectivity index (χ0) is 13.0. The molecule has 0 saturated carbocycles. The number of β-amino-alcohol motifs (C(OH)–C–C–N with tert-alkyl or cyclic N) is 1. The predicted octanol–water partition coefficient (Wildman–Crippen LogP) is 1.41. The van der Waals surface area contributed by atoms with Gasteiger partial charge in [-0.25, -0.2) is 4.79 Å². The fourth-order valence-corrected chi connectivity index (χ4v) is 2.23. The summed E-state index contributed by atoms with van der Waals surface area (Å²) in [4.78, 5) is 13.8. The minimum absolute atomic E-state index is 0.278. The largest absolute Gasteiger partial charge is 0.467 e. The van der Waals surface area contributed by atoms with E-state index in [0.29, 0.717) is 31.0 Å². The first-order valence-electron chi connectivity index (χ1n) is 6.34. The van der Waals surface area contributed by atoms with Crippen molar-refractivity contribution < 1.29 is 19.1 Å². The number of furan rings is 1. The van der Waals surface area contributed by atoms with E-state index >= 15 is 0 Å². The Hall–Kier alpha value is -1.33. The summed E-state index contributed by atoms with van der Waals surface area (Å²) in [5.41, 5.74) is 0.483. The highest BCUT2D eigenvalue weighted by molar-refractivity contribution is 5.90. The molecule has 1 fully saturated rings. The molecule has 1 aliphatic rings. The van der Waals surface area contributed by atoms with Gasteiger partial charge < -0.3 is 14.3 Å². The zero-order valence-electron chi connectivity index (χ0n) is 10.6. The number of likely N-dealkylation sites (tertiary alicyclic amines) is 1. The third-order valence-electron chi connectivity index (χ3n) is 3.09. The van der Waals surface area contributed by atoms with Crippen LogP contribution in [0.3, 0.4) is 0 Å². The molecule has 1 unspecified atom stereocenters. The van der Waals surface area contributed by atoms with Crippen molar-refractivity contribution in [2.75, 3.05) is 19.7 Å². The van der Waals surface area contributed by atoms with Crippen LogP contribution in [0.5, 0.6) is 0 Å². The number of aliphatic hydroxyl groups excluding tert-OH is 1. The van der Waals surface area contributed by atoms with Gasteiger partial charge in [-0.3, -0.25) is 4.90 Å². The first kappa shape index (κ1) is 13.1. The van der Waals surface area contributed by atoms with E-state index in [4.69, 9.17) is 9.15 Å². The molecule has 18 heavy (non-hydrogen) atoms. The van der Waals surface area contributed by atoms with Crippen molar-refractivity contribution in [2.45, 2.75) is 32.4 Å². The molecule has 5 heteroatoms. The third-order valence-corrected chi connectivity index (χ3v) is 3.09. The average Bonchev–Trinajstić information content (AvgIpc) is 2.77. The second-order valence-corrected chi connectivity index (χ2v) is 4.51. The number of aliphatic hydroxyl groups is 1. The summed E-state index contributed by atoms with van der Waals surface area (Å²) in [6.45, 7) is 4.21. The Balaban J connectivity index is 2.00. The summed E-state index contributed by atoms with van der Waals surface area (Å²) in [6.07, 6.45) is 3.04. The van der Waals surface area contributed by atoms with E-state index in [0.717, 1.165) is 19.4 Å². The molecular formula is C13H19NO4. The second kappa shape index (κ2) is 6.02. The van der Waals surface area contributed by atoms with Crippen LogP contribution in [0.15, 0.2) is 16.7 Å². The molecule has 0 bridgehead atoms. The maximum atomic E-state index is 11.7. The second-order valence-electron chi connectivity index (χ2n) is 4.51. The van der Waals surface area contributed by atoms with Crippen molar-refractivity contribution in [3.05, 3.63) is 23.7 Å². The van der Waals surface area contributed by atoms with Crippen LogP contribution in [0.1, 0.15) is 35.9 Å². The lowest BCUT2D eigenvalue weighted by molar-refractivity contribution is 0.0511. The fraction of sp³-hybridized carbons (Fsp3) is 0.615. The topological polar surface area (TPSA) is 62.9 Å². The van der Waals surface area contributed by atoms with Gasteiger partial charge in [0.1, 0.15) is 11.3 Å². The predicted molar refractivity (Wildman–Crippen MR) is 65.2 cm³/mol. The van der Waals surface area contributed by atoms with Crippen molar-refractivity contribution in [2.24, 2.45) is 0 Å². The maximum absolute atomic E-state index is 11.7. The molecule has 100 valence electrons. The molecule has 0 aliphatic carbocycles. The van der Waals surface area contributed by atoms with Crippen LogP contribution in [0.25, 0.3) is 0 Å². The van der Waals surface area contributed by atoms with Crippen LogP contribution < -0.4 is 0 Å². The first-order valence-corrected chi connectivity index (χ1v) is 6.34. The van der Waals surface area contributed by atoms with Crippen molar-refractivity contribution in [1.82, 2.24) is 4.90 Å². The number of carbonyl (C=O) groups excluding carboxylic acids is 1. The van der Waals surface area contributed by atoms with Gasteiger partial charge in [-0.05, 0) is 32.4 Å². The summed E-state index contributed by atoms with van der Waals surface area (Å²) in [5, 5.41) is 9.61. The fourth-order valence-electron chi connectivity index (χ4n) is 2.23. The highest BCUT2D eigenvalue weighted by atomic mass is 16.5. The van der Waals surface area contributed by atoms with E-state index in [1.54, 1.807) is 13.0 Å². The molecule has 2 rings (SSSR count). The highest BCUT2D eigenvalue weighted by Gasteiger charge is 2.22. The molecule has 1 aromatic rings. The molecule has 1 aromatic heterocycles. The number of hydrogen-bond acceptors (Lipinski definition) is 5. The lowest BCUT2D eigenvalue weighted by atomic mass is 10.1. The Bertz CT molecular complexity index is 401. The summed E-state index contributed by atoms with van der Waals surface area (Å²) >= 11 is 0. The Morgan fingerprint density at radius 2 is 2.50 bits per heavy atom. The zero-order valence-corrected chi connectivity index (χ0v) is 10.6. The van der Waals surface area contributed by atoms with Crippen molar-refractivity contribution in [3.63, 3.8) is 0 Å². The number of rotatable bonds is 4. The molecule has 1 aliphatic heterocycles. The van der Waals surface area contributed by atoms with Gasteiger partial charge in [0, 0.05) is 6.54 Å². The first-order chi connectivity index (χ1) is 8.70. The quantitative estimate of drug-likeness (QED) is 0.822. The summed E-state index contributed by atoms with van der Waals surface area (Å²) in [6, 6.07) is 1.63. The van der Waals surface area contributed by atoms with E-state index in [1.165, 1.54) is 6.26 Å². The van der Waals surface area contributed by atoms with Crippen LogP contribution in [0, 0.1) is 0 Å². The van der Waals surface area contributed by atoms with E-state index in [-0.39, 0.29) is 12.1 Å². The van der Waals surface area contributed by atoms with Gasteiger partial charge in [-0.15, -0.1) is 0 Å². The highest BCUT2D eigenvalue weighted by Crippen LogP contribution is 2.18. The number of carbonyl (C=O) groups is 1. The molecule has 0 amide bonds. The third kappa shape index (κ3) is 3.11. The van der Waals surface area contributed by atoms with Crippen molar-refractivity contribution >= 4 is 5.97 Å². The normalized spacial score (nSPS) is 20.9. The molecule has 2 heterocycles. The maximum Gasteiger partial charge on any atom is 0.341 e. The van der Waals surface area contributed by atoms with Crippen molar-refractivity contribution in [1.29, 1.82) is 0 Å². The smallest absolute Gasteiger partial charge is 0.341 e. The van der Waals surface area contributed by atoms with Crippen LogP contribution >= 0.6 is 0 Å². The number of nitrogens with zero attached hydrogens (tertiary/aromatic N) is 1. The van der Waals surface area contributed by atoms with Gasteiger partial charge in [-0.1, -0.05) is 0 Å². The minimum Gasteiger partial charge on any atom is -0.467 e. The Morgan fingerprint density at radius 3 is 3.22 bits per heavy atom. The van der Waals surface area contributed by atoms with Crippen LogP contribution in [0.2, 0.25) is 0 Å². The van der Waals surface area contributed by atoms with Gasteiger partial charge in [0.15, 0.2) is 0 Å². The van der Waals surface area contributed by atoms with Gasteiger partial charge >= 0.3 is 5.97 Å². The average molecular weight is 253 g/mol. The van der Waals surface area contributed by atoms with Gasteiger partial charge in [-0.2, -0.15) is 0 Å². The molecule has 0 radical (unpaired) electrons. The lowest BCUT2D eigenvalue weighted by Crippen LogP contribution is -2.37. The summed E-state index contributed by atoms with van der Waals surface area (Å²) < 4.78 is 10.3. The Labute approximate surface area is 106 Å². The number of esters is 1.